The van der Waals surface area contributed by atoms with E-state index in [-0.39, 0.29) is 5.41 Å². The lowest BCUT2D eigenvalue weighted by Crippen LogP contribution is -2.20. The van der Waals surface area contributed by atoms with Crippen LogP contribution in [0.4, 0.5) is 17.1 Å². The second-order valence-corrected chi connectivity index (χ2v) is 15.9. The zero-order valence-corrected chi connectivity index (χ0v) is 32.1. The number of para-hydroxylation sites is 2. The Morgan fingerprint density at radius 2 is 1.19 bits per heavy atom. The first-order chi connectivity index (χ1) is 28.5. The van der Waals surface area contributed by atoms with E-state index in [1.165, 1.54) is 49.3 Å². The van der Waals surface area contributed by atoms with Gasteiger partial charge in [0, 0.05) is 38.5 Å². The molecule has 12 rings (SSSR count). The van der Waals surface area contributed by atoms with Crippen molar-refractivity contribution in [2.75, 3.05) is 4.90 Å². The molecule has 58 heavy (non-hydrogen) atoms. The van der Waals surface area contributed by atoms with E-state index in [9.17, 15) is 0 Å². The maximum absolute atomic E-state index is 6.96. The summed E-state index contributed by atoms with van der Waals surface area (Å²) in [6, 6.07) is 67.6. The van der Waals surface area contributed by atoms with Crippen LogP contribution >= 0.6 is 0 Å². The molecule has 1 aliphatic carbocycles. The second-order valence-electron chi connectivity index (χ2n) is 15.9. The Morgan fingerprint density at radius 3 is 2.07 bits per heavy atom. The van der Waals surface area contributed by atoms with Crippen LogP contribution in [0.2, 0.25) is 0 Å². The first kappa shape index (κ1) is 32.8. The number of aromatic nitrogens is 2. The molecule has 0 bridgehead atoms. The molecule has 11 aromatic rings. The summed E-state index contributed by atoms with van der Waals surface area (Å²) in [5, 5.41) is 7.11. The summed E-state index contributed by atoms with van der Waals surface area (Å²) in [7, 11) is 0. The standard InChI is InChI=1S/C54H37N3O/c1-54(2)45-25-11-10-22-40(45)41-23-13-27-48(50(41)54)56(49-28-14-26-46-52(49)58-53(55-46)43-24-12-17-34-15-6-8-20-38(34)43)37-30-32-47-44(33-37)42-31-29-35-16-7-9-21-39(35)51(42)57(47)36-18-4-3-5-19-36/h3-33H,1-2H3. The average molecular weight is 744 g/mol. The number of hydrogen-bond acceptors (Lipinski definition) is 3. The van der Waals surface area contributed by atoms with E-state index in [4.69, 9.17) is 9.40 Å². The summed E-state index contributed by atoms with van der Waals surface area (Å²) in [5.74, 6) is 0.610. The highest BCUT2D eigenvalue weighted by molar-refractivity contribution is 6.19. The van der Waals surface area contributed by atoms with Gasteiger partial charge < -0.3 is 13.9 Å². The molecule has 0 spiro atoms. The van der Waals surface area contributed by atoms with E-state index < -0.39 is 0 Å². The summed E-state index contributed by atoms with van der Waals surface area (Å²) >= 11 is 0. The minimum atomic E-state index is -0.253. The van der Waals surface area contributed by atoms with Crippen molar-refractivity contribution in [1.29, 1.82) is 0 Å². The molecule has 0 fully saturated rings. The van der Waals surface area contributed by atoms with Gasteiger partial charge in [-0.3, -0.25) is 0 Å². The molecule has 0 aliphatic heterocycles. The Morgan fingerprint density at radius 1 is 0.517 bits per heavy atom. The molecular formula is C54H37N3O. The van der Waals surface area contributed by atoms with Crippen molar-refractivity contribution in [3.05, 3.63) is 199 Å². The molecule has 4 heteroatoms. The molecule has 4 nitrogen and oxygen atoms in total. The minimum absolute atomic E-state index is 0.253. The molecule has 2 aromatic heterocycles. The fourth-order valence-corrected chi connectivity index (χ4v) is 9.80. The van der Waals surface area contributed by atoms with Crippen LogP contribution in [-0.2, 0) is 5.41 Å². The molecule has 0 saturated heterocycles. The minimum Gasteiger partial charge on any atom is -0.434 e. The number of rotatable bonds is 5. The van der Waals surface area contributed by atoms with Crippen LogP contribution in [0, 0.1) is 0 Å². The fourth-order valence-electron chi connectivity index (χ4n) is 9.80. The van der Waals surface area contributed by atoms with Gasteiger partial charge in [-0.2, -0.15) is 0 Å². The van der Waals surface area contributed by atoms with Gasteiger partial charge in [-0.25, -0.2) is 4.98 Å². The average Bonchev–Trinajstić information content (AvgIpc) is 3.93. The second kappa shape index (κ2) is 12.3. The summed E-state index contributed by atoms with van der Waals surface area (Å²) in [4.78, 5) is 7.57. The van der Waals surface area contributed by atoms with Gasteiger partial charge in [-0.15, -0.1) is 0 Å². The third-order valence-electron chi connectivity index (χ3n) is 12.4. The van der Waals surface area contributed by atoms with Gasteiger partial charge in [0.1, 0.15) is 5.52 Å². The topological polar surface area (TPSA) is 34.2 Å². The third-order valence-corrected chi connectivity index (χ3v) is 12.4. The molecule has 274 valence electrons. The van der Waals surface area contributed by atoms with Crippen LogP contribution in [-0.4, -0.2) is 9.55 Å². The van der Waals surface area contributed by atoms with E-state index >= 15 is 0 Å². The Balaban J connectivity index is 1.16. The Hall–Kier alpha value is -7.43. The van der Waals surface area contributed by atoms with Gasteiger partial charge in [0.2, 0.25) is 5.89 Å². The summed E-state index contributed by atoms with van der Waals surface area (Å²) in [6.07, 6.45) is 0. The number of fused-ring (bicyclic) bond motifs is 10. The number of anilines is 3. The van der Waals surface area contributed by atoms with Crippen LogP contribution in [0.1, 0.15) is 25.0 Å². The van der Waals surface area contributed by atoms with E-state index in [1.807, 2.05) is 0 Å². The van der Waals surface area contributed by atoms with Crippen LogP contribution < -0.4 is 4.90 Å². The van der Waals surface area contributed by atoms with Crippen molar-refractivity contribution in [3.8, 4) is 28.3 Å². The summed E-state index contributed by atoms with van der Waals surface area (Å²) in [6.45, 7) is 4.71. The molecule has 0 amide bonds. The highest BCUT2D eigenvalue weighted by atomic mass is 16.3. The van der Waals surface area contributed by atoms with E-state index in [0.717, 1.165) is 55.7 Å². The Kier molecular flexibility index (Phi) is 6.94. The fraction of sp³-hybridized carbons (Fsp3) is 0.0556. The Labute approximate surface area is 335 Å². The number of benzene rings is 9. The number of nitrogens with zero attached hydrogens (tertiary/aromatic N) is 3. The van der Waals surface area contributed by atoms with Crippen molar-refractivity contribution in [3.63, 3.8) is 0 Å². The Bertz CT molecular complexity index is 3440. The molecule has 0 radical (unpaired) electrons. The van der Waals surface area contributed by atoms with Crippen molar-refractivity contribution in [2.24, 2.45) is 0 Å². The molecular weight excluding hydrogens is 707 g/mol. The van der Waals surface area contributed by atoms with Crippen molar-refractivity contribution >= 4 is 71.5 Å². The highest BCUT2D eigenvalue weighted by Crippen LogP contribution is 2.55. The normalized spacial score (nSPS) is 13.1. The third kappa shape index (κ3) is 4.66. The van der Waals surface area contributed by atoms with Gasteiger partial charge in [-0.1, -0.05) is 147 Å². The predicted octanol–water partition coefficient (Wildman–Crippen LogP) is 14.7. The maximum atomic E-state index is 6.96. The quantitative estimate of drug-likeness (QED) is 0.176. The maximum Gasteiger partial charge on any atom is 0.228 e. The molecule has 0 atom stereocenters. The van der Waals surface area contributed by atoms with E-state index in [1.54, 1.807) is 0 Å². The first-order valence-corrected chi connectivity index (χ1v) is 20.0. The predicted molar refractivity (Wildman–Crippen MR) is 241 cm³/mol. The van der Waals surface area contributed by atoms with Crippen LogP contribution in [0.3, 0.4) is 0 Å². The number of oxazole rings is 1. The van der Waals surface area contributed by atoms with E-state index in [0.29, 0.717) is 5.89 Å². The SMILES string of the molecule is CC1(C)c2ccccc2-c2cccc(N(c3ccc4c(c3)c3ccc5ccccc5c3n4-c3ccccc3)c3cccc4nc(-c5cccc6ccccc56)oc34)c21. The lowest BCUT2D eigenvalue weighted by Gasteiger charge is -2.32. The number of hydrogen-bond donors (Lipinski definition) is 0. The van der Waals surface area contributed by atoms with Gasteiger partial charge in [-0.05, 0) is 93.0 Å². The van der Waals surface area contributed by atoms with Crippen molar-refractivity contribution in [2.45, 2.75) is 19.3 Å². The molecule has 1 aliphatic rings. The van der Waals surface area contributed by atoms with Crippen LogP contribution in [0.25, 0.3) is 82.7 Å². The van der Waals surface area contributed by atoms with Crippen LogP contribution in [0.15, 0.2) is 192 Å². The first-order valence-electron chi connectivity index (χ1n) is 20.0. The van der Waals surface area contributed by atoms with Gasteiger partial charge in [0.05, 0.1) is 22.4 Å². The molecule has 2 heterocycles. The van der Waals surface area contributed by atoms with Crippen molar-refractivity contribution in [1.82, 2.24) is 9.55 Å². The molecule has 9 aromatic carbocycles. The zero-order chi connectivity index (χ0) is 38.5. The zero-order valence-electron chi connectivity index (χ0n) is 32.1. The largest absolute Gasteiger partial charge is 0.434 e. The lowest BCUT2D eigenvalue weighted by molar-refractivity contribution is 0.620. The summed E-state index contributed by atoms with van der Waals surface area (Å²) in [5.41, 5.74) is 14.1. The van der Waals surface area contributed by atoms with Gasteiger partial charge in [0.25, 0.3) is 0 Å². The van der Waals surface area contributed by atoms with Crippen LogP contribution in [0.5, 0.6) is 0 Å². The molecule has 0 unspecified atom stereocenters. The monoisotopic (exact) mass is 743 g/mol. The van der Waals surface area contributed by atoms with Gasteiger partial charge >= 0.3 is 0 Å². The molecule has 0 saturated carbocycles. The smallest absolute Gasteiger partial charge is 0.228 e. The van der Waals surface area contributed by atoms with E-state index in [2.05, 4.69) is 211 Å². The lowest BCUT2D eigenvalue weighted by atomic mass is 9.81. The molecule has 0 N–H and O–H groups in total. The summed E-state index contributed by atoms with van der Waals surface area (Å²) < 4.78 is 9.39. The highest BCUT2D eigenvalue weighted by Gasteiger charge is 2.39. The van der Waals surface area contributed by atoms with Crippen molar-refractivity contribution < 1.29 is 4.42 Å². The van der Waals surface area contributed by atoms with Gasteiger partial charge in [0.15, 0.2) is 5.58 Å².